The predicted octanol–water partition coefficient (Wildman–Crippen LogP) is 1.30. The lowest BCUT2D eigenvalue weighted by Gasteiger charge is -2.22. The Morgan fingerprint density at radius 1 is 0.242 bits per heavy atom. The van der Waals surface area contributed by atoms with E-state index in [0.717, 1.165) is 0 Å². The van der Waals surface area contributed by atoms with Crippen LogP contribution in [0.2, 0.25) is 0 Å². The van der Waals surface area contributed by atoms with Gasteiger partial charge in [0.1, 0.15) is 6.61 Å². The Balaban J connectivity index is 4.96. The Morgan fingerprint density at radius 3 is 0.629 bits per heavy atom. The average Bonchev–Trinajstić information content (AvgIpc) is 3.28. The topological polar surface area (TPSA) is 175 Å². The molecule has 0 aromatic carbocycles. The molecular weight excluding hydrogens is 820 g/mol. The molecule has 0 aromatic heterocycles. The van der Waals surface area contributed by atoms with Gasteiger partial charge in [0, 0.05) is 46.2 Å². The number of hydrogen-bond acceptors (Lipinski definition) is 19. The molecule has 0 spiro atoms. The summed E-state index contributed by atoms with van der Waals surface area (Å²) in [5.41, 5.74) is 0. The predicted molar refractivity (Wildman–Crippen MR) is 229 cm³/mol. The van der Waals surface area contributed by atoms with Crippen LogP contribution in [0, 0.1) is 30.1 Å². The highest BCUT2D eigenvalue weighted by molar-refractivity contribution is 4.83. The molecule has 62 heavy (non-hydrogen) atoms. The molecule has 19 nitrogen and oxygen atoms in total. The summed E-state index contributed by atoms with van der Waals surface area (Å²) >= 11 is 0. The molecule has 0 unspecified atom stereocenters. The van der Waals surface area contributed by atoms with Crippen LogP contribution in [0.15, 0.2) is 0 Å². The van der Waals surface area contributed by atoms with E-state index in [9.17, 15) is 0 Å². The van der Waals surface area contributed by atoms with Gasteiger partial charge >= 0.3 is 0 Å². The first-order valence-corrected chi connectivity index (χ1v) is 21.8. The zero-order valence-electron chi connectivity index (χ0n) is 38.6. The van der Waals surface area contributed by atoms with Gasteiger partial charge in [-0.3, -0.25) is 0 Å². The maximum atomic E-state index is 6.21. The van der Waals surface area contributed by atoms with Gasteiger partial charge in [-0.05, 0) is 0 Å². The van der Waals surface area contributed by atoms with Gasteiger partial charge in [0.15, 0.2) is 0 Å². The molecule has 0 radical (unpaired) electrons. The number of terminal acetylenes is 1. The molecular formula is C43H84O19. The number of methoxy groups -OCH3 is 4. The molecule has 0 amide bonds. The molecule has 0 aliphatic carbocycles. The molecule has 0 aromatic rings. The molecule has 370 valence electrons. The van der Waals surface area contributed by atoms with Gasteiger partial charge in [-0.1, -0.05) is 5.92 Å². The maximum Gasteiger partial charge on any atom is 0.107 e. The monoisotopic (exact) mass is 905 g/mol. The van der Waals surface area contributed by atoms with Crippen LogP contribution < -0.4 is 0 Å². The normalized spacial score (nSPS) is 11.8. The van der Waals surface area contributed by atoms with Crippen molar-refractivity contribution in [2.24, 2.45) is 17.8 Å². The highest BCUT2D eigenvalue weighted by Crippen LogP contribution is 2.08. The van der Waals surface area contributed by atoms with Crippen molar-refractivity contribution in [2.45, 2.75) is 0 Å². The third kappa shape index (κ3) is 48.3. The van der Waals surface area contributed by atoms with Crippen molar-refractivity contribution >= 4 is 0 Å². The summed E-state index contributed by atoms with van der Waals surface area (Å²) in [5, 5.41) is 0. The lowest BCUT2D eigenvalue weighted by Crippen LogP contribution is -2.29. The first-order valence-electron chi connectivity index (χ1n) is 21.8. The third-order valence-corrected chi connectivity index (χ3v) is 8.07. The van der Waals surface area contributed by atoms with Crippen LogP contribution in [0.5, 0.6) is 0 Å². The largest absolute Gasteiger partial charge is 0.382 e. The molecule has 19 heteroatoms. The molecule has 0 heterocycles. The second-order valence-electron chi connectivity index (χ2n) is 13.6. The second kappa shape index (κ2) is 54.1. The summed E-state index contributed by atoms with van der Waals surface area (Å²) in [6, 6.07) is 0. The van der Waals surface area contributed by atoms with Gasteiger partial charge in [0.2, 0.25) is 0 Å². The van der Waals surface area contributed by atoms with E-state index in [1.165, 1.54) is 0 Å². The molecule has 0 atom stereocenters. The van der Waals surface area contributed by atoms with Crippen molar-refractivity contribution < 1.29 is 90.0 Å². The number of rotatable bonds is 55. The minimum atomic E-state index is -0.0774. The third-order valence-electron chi connectivity index (χ3n) is 8.07. The Kier molecular flexibility index (Phi) is 53.1. The number of hydrogen-bond donors (Lipinski definition) is 0. The van der Waals surface area contributed by atoms with Crippen LogP contribution in [-0.4, -0.2) is 253 Å². The fraction of sp³-hybridized carbons (Fsp3) is 0.953. The lowest BCUT2D eigenvalue weighted by atomic mass is 10.1. The van der Waals surface area contributed by atoms with Gasteiger partial charge in [0.05, 0.1) is 218 Å². The minimum absolute atomic E-state index is 0.0315. The molecule has 0 N–H and O–H groups in total. The molecule has 0 fully saturated rings. The molecule has 0 rings (SSSR count). The SMILES string of the molecule is C#CCOCC(COCC(COCCOCCOCCOC)COCCOCCOCCOC)COCC(COCCOCCOCCOC)COCCOCCOCCOC. The van der Waals surface area contributed by atoms with E-state index in [4.69, 9.17) is 96.4 Å². The van der Waals surface area contributed by atoms with Crippen LogP contribution in [-0.2, 0) is 90.0 Å². The van der Waals surface area contributed by atoms with E-state index in [0.29, 0.717) is 218 Å². The van der Waals surface area contributed by atoms with E-state index in [1.54, 1.807) is 28.4 Å². The average molecular weight is 905 g/mol. The zero-order valence-corrected chi connectivity index (χ0v) is 38.6. The van der Waals surface area contributed by atoms with Gasteiger partial charge in [0.25, 0.3) is 0 Å². The van der Waals surface area contributed by atoms with Crippen LogP contribution in [0.4, 0.5) is 0 Å². The first kappa shape index (κ1) is 60.8. The van der Waals surface area contributed by atoms with Gasteiger partial charge in [-0.2, -0.15) is 0 Å². The van der Waals surface area contributed by atoms with E-state index in [2.05, 4.69) is 5.92 Å². The van der Waals surface area contributed by atoms with Crippen LogP contribution in [0.25, 0.3) is 0 Å². The van der Waals surface area contributed by atoms with Crippen molar-refractivity contribution in [3.05, 3.63) is 0 Å². The number of ether oxygens (including phenoxy) is 19. The van der Waals surface area contributed by atoms with Gasteiger partial charge in [-0.15, -0.1) is 6.42 Å². The van der Waals surface area contributed by atoms with Crippen molar-refractivity contribution in [2.75, 3.05) is 253 Å². The Labute approximate surface area is 372 Å². The van der Waals surface area contributed by atoms with Crippen molar-refractivity contribution in [3.63, 3.8) is 0 Å². The minimum Gasteiger partial charge on any atom is -0.382 e. The highest BCUT2D eigenvalue weighted by Gasteiger charge is 2.17. The molecule has 0 saturated heterocycles. The summed E-state index contributed by atoms with van der Waals surface area (Å²) < 4.78 is 106. The molecule has 0 saturated carbocycles. The molecule has 0 bridgehead atoms. The van der Waals surface area contributed by atoms with Crippen LogP contribution in [0.1, 0.15) is 0 Å². The van der Waals surface area contributed by atoms with E-state index in [1.807, 2.05) is 0 Å². The molecule has 0 aliphatic heterocycles. The summed E-state index contributed by atoms with van der Waals surface area (Å²) in [4.78, 5) is 0. The smallest absolute Gasteiger partial charge is 0.107 e. The summed E-state index contributed by atoms with van der Waals surface area (Å²) in [6.45, 7) is 15.6. The summed E-state index contributed by atoms with van der Waals surface area (Å²) in [6.07, 6.45) is 5.46. The van der Waals surface area contributed by atoms with Crippen molar-refractivity contribution in [1.29, 1.82) is 0 Å². The second-order valence-corrected chi connectivity index (χ2v) is 13.6. The molecule has 0 aliphatic rings. The van der Waals surface area contributed by atoms with Gasteiger partial charge in [-0.25, -0.2) is 0 Å². The quantitative estimate of drug-likeness (QED) is 0.0631. The Morgan fingerprint density at radius 2 is 0.419 bits per heavy atom. The fourth-order valence-corrected chi connectivity index (χ4v) is 4.85. The Bertz CT molecular complexity index is 768. The van der Waals surface area contributed by atoms with Crippen LogP contribution >= 0.6 is 0 Å². The van der Waals surface area contributed by atoms with Crippen molar-refractivity contribution in [1.82, 2.24) is 0 Å². The summed E-state index contributed by atoms with van der Waals surface area (Å²) in [7, 11) is 6.56. The maximum absolute atomic E-state index is 6.21. The first-order chi connectivity index (χ1) is 30.7. The van der Waals surface area contributed by atoms with E-state index < -0.39 is 0 Å². The lowest BCUT2D eigenvalue weighted by molar-refractivity contribution is -0.0609. The fourth-order valence-electron chi connectivity index (χ4n) is 4.85. The van der Waals surface area contributed by atoms with Crippen LogP contribution in [0.3, 0.4) is 0 Å². The Hall–Kier alpha value is -1.20. The highest BCUT2D eigenvalue weighted by atomic mass is 16.6. The summed E-state index contributed by atoms with van der Waals surface area (Å²) in [5.74, 6) is 2.38. The zero-order chi connectivity index (χ0) is 44.9. The van der Waals surface area contributed by atoms with Crippen molar-refractivity contribution in [3.8, 4) is 12.3 Å². The standard InChI is InChI=1S/C43H84O19/c1-6-7-56-32-43(39-61-37-41(33-57-28-24-52-20-16-48-12-8-44-2)34-58-29-25-53-21-17-49-13-9-45-3)40-62-38-42(35-59-30-26-54-22-18-50-14-10-46-4)36-60-31-27-55-23-19-51-15-11-47-5/h1,41-43H,7-40H2,2-5H3. The van der Waals surface area contributed by atoms with E-state index >= 15 is 0 Å². The van der Waals surface area contributed by atoms with E-state index in [-0.39, 0.29) is 24.4 Å². The van der Waals surface area contributed by atoms with Gasteiger partial charge < -0.3 is 90.0 Å².